The molecule has 0 radical (unpaired) electrons. The van der Waals surface area contributed by atoms with Crippen LogP contribution in [0.2, 0.25) is 0 Å². The third kappa shape index (κ3) is 5.31. The second kappa shape index (κ2) is 11.0. The molecule has 0 saturated carbocycles. The number of fused-ring (bicyclic) bond motifs is 1. The number of nitrogens with zero attached hydrogens (tertiary/aromatic N) is 2. The minimum Gasteiger partial charge on any atom is -0.497 e. The Labute approximate surface area is 203 Å². The number of benzene rings is 2. The third-order valence-electron chi connectivity index (χ3n) is 5.55. The molecule has 1 aliphatic heterocycles. The summed E-state index contributed by atoms with van der Waals surface area (Å²) in [6.07, 6.45) is 2.03. The number of rotatable bonds is 10. The molecule has 2 aromatic rings. The lowest BCUT2D eigenvalue weighted by atomic mass is 9.94. The molecule has 33 heavy (non-hydrogen) atoms. The number of halogens is 1. The van der Waals surface area contributed by atoms with Gasteiger partial charge >= 0.3 is 6.03 Å². The summed E-state index contributed by atoms with van der Waals surface area (Å²) < 4.78 is 5.95. The Morgan fingerprint density at radius 2 is 1.91 bits per heavy atom. The summed E-state index contributed by atoms with van der Waals surface area (Å²) in [4.78, 5) is 30.0. The van der Waals surface area contributed by atoms with Gasteiger partial charge in [0.15, 0.2) is 0 Å². The molecule has 0 saturated heterocycles. The van der Waals surface area contributed by atoms with Gasteiger partial charge in [-0.1, -0.05) is 35.8 Å². The number of amides is 3. The Kier molecular flexibility index (Phi) is 8.34. The molecule has 9 heteroatoms. The zero-order chi connectivity index (χ0) is 24.0. The standard InChI is InChI=1S/C24H31BrN4O4/c1-4-12-28(13-5-2)14-11-26-22(30)24(32)20-15-17(25)9-10-21(20)27-23(31)29(24)18-7-6-8-19(16-18)33-3/h6-10,15-16,32H,4-5,11-14H2,1-3H3,(H,26,30)(H,27,31). The molecule has 3 N–H and O–H groups in total. The molecule has 1 aliphatic rings. The number of aliphatic hydroxyl groups is 1. The van der Waals surface area contributed by atoms with E-state index in [1.54, 1.807) is 42.5 Å². The first-order valence-corrected chi connectivity index (χ1v) is 11.9. The second-order valence-electron chi connectivity index (χ2n) is 7.93. The minimum absolute atomic E-state index is 0.274. The maximum atomic E-state index is 13.5. The summed E-state index contributed by atoms with van der Waals surface area (Å²) in [6, 6.07) is 11.1. The number of methoxy groups -OCH3 is 1. The van der Waals surface area contributed by atoms with Crippen molar-refractivity contribution in [2.75, 3.05) is 43.5 Å². The van der Waals surface area contributed by atoms with Crippen molar-refractivity contribution in [3.63, 3.8) is 0 Å². The zero-order valence-corrected chi connectivity index (χ0v) is 20.8. The Balaban J connectivity index is 1.97. The molecule has 2 aromatic carbocycles. The van der Waals surface area contributed by atoms with E-state index in [0.29, 0.717) is 34.7 Å². The summed E-state index contributed by atoms with van der Waals surface area (Å²) in [6.45, 7) is 7.10. The van der Waals surface area contributed by atoms with Crippen molar-refractivity contribution < 1.29 is 19.4 Å². The van der Waals surface area contributed by atoms with E-state index in [1.165, 1.54) is 7.11 Å². The van der Waals surface area contributed by atoms with Gasteiger partial charge in [-0.25, -0.2) is 4.79 Å². The van der Waals surface area contributed by atoms with Crippen molar-refractivity contribution in [2.24, 2.45) is 0 Å². The highest BCUT2D eigenvalue weighted by Gasteiger charge is 2.52. The van der Waals surface area contributed by atoms with Crippen molar-refractivity contribution in [2.45, 2.75) is 32.4 Å². The molecule has 3 amide bonds. The topological polar surface area (TPSA) is 94.1 Å². The first-order valence-electron chi connectivity index (χ1n) is 11.1. The van der Waals surface area contributed by atoms with Gasteiger partial charge < -0.3 is 25.4 Å². The molecule has 0 fully saturated rings. The van der Waals surface area contributed by atoms with Gasteiger partial charge in [-0.15, -0.1) is 0 Å². The van der Waals surface area contributed by atoms with Crippen LogP contribution in [0.1, 0.15) is 32.3 Å². The Hall–Kier alpha value is -2.62. The van der Waals surface area contributed by atoms with Crippen molar-refractivity contribution in [1.82, 2.24) is 10.2 Å². The highest BCUT2D eigenvalue weighted by Crippen LogP contribution is 2.41. The number of urea groups is 1. The van der Waals surface area contributed by atoms with Crippen LogP contribution in [0.15, 0.2) is 46.9 Å². The molecular formula is C24H31BrN4O4. The van der Waals surface area contributed by atoms with E-state index in [0.717, 1.165) is 30.8 Å². The van der Waals surface area contributed by atoms with E-state index < -0.39 is 17.7 Å². The van der Waals surface area contributed by atoms with Crippen LogP contribution in [-0.2, 0) is 10.5 Å². The highest BCUT2D eigenvalue weighted by molar-refractivity contribution is 9.10. The molecule has 178 valence electrons. The van der Waals surface area contributed by atoms with Crippen LogP contribution >= 0.6 is 15.9 Å². The lowest BCUT2D eigenvalue weighted by Crippen LogP contribution is -2.63. The lowest BCUT2D eigenvalue weighted by molar-refractivity contribution is -0.140. The first-order chi connectivity index (χ1) is 15.8. The maximum Gasteiger partial charge on any atom is 0.329 e. The summed E-state index contributed by atoms with van der Waals surface area (Å²) in [5.74, 6) is -0.176. The van der Waals surface area contributed by atoms with Gasteiger partial charge in [0, 0.05) is 29.2 Å². The fourth-order valence-electron chi connectivity index (χ4n) is 4.05. The van der Waals surface area contributed by atoms with Gasteiger partial charge in [-0.3, -0.25) is 9.69 Å². The van der Waals surface area contributed by atoms with Gasteiger partial charge in [-0.2, -0.15) is 0 Å². The molecule has 0 spiro atoms. The Morgan fingerprint density at radius 1 is 1.18 bits per heavy atom. The van der Waals surface area contributed by atoms with E-state index in [2.05, 4.69) is 45.3 Å². The Bertz CT molecular complexity index is 996. The summed E-state index contributed by atoms with van der Waals surface area (Å²) in [7, 11) is 1.51. The average molecular weight is 519 g/mol. The number of carbonyl (C=O) groups excluding carboxylic acids is 2. The van der Waals surface area contributed by atoms with Crippen LogP contribution < -0.4 is 20.3 Å². The van der Waals surface area contributed by atoms with Gasteiger partial charge in [0.1, 0.15) is 5.75 Å². The van der Waals surface area contributed by atoms with Crippen LogP contribution in [0.5, 0.6) is 5.75 Å². The SMILES string of the molecule is CCCN(CCC)CCNC(=O)C1(O)c2cc(Br)ccc2NC(=O)N1c1cccc(OC)c1. The molecule has 1 heterocycles. The highest BCUT2D eigenvalue weighted by atomic mass is 79.9. The predicted molar refractivity (Wildman–Crippen MR) is 133 cm³/mol. The van der Waals surface area contributed by atoms with E-state index in [4.69, 9.17) is 4.74 Å². The number of anilines is 2. The van der Waals surface area contributed by atoms with E-state index in [-0.39, 0.29) is 5.56 Å². The molecule has 1 unspecified atom stereocenters. The maximum absolute atomic E-state index is 13.5. The van der Waals surface area contributed by atoms with E-state index >= 15 is 0 Å². The smallest absolute Gasteiger partial charge is 0.329 e. The summed E-state index contributed by atoms with van der Waals surface area (Å²) in [5, 5.41) is 17.5. The van der Waals surface area contributed by atoms with E-state index in [1.807, 2.05) is 0 Å². The minimum atomic E-state index is -2.26. The number of carbonyl (C=O) groups is 2. The third-order valence-corrected chi connectivity index (χ3v) is 6.04. The van der Waals surface area contributed by atoms with Gasteiger partial charge in [-0.05, 0) is 56.3 Å². The van der Waals surface area contributed by atoms with Crippen LogP contribution in [0.4, 0.5) is 16.2 Å². The molecule has 0 aliphatic carbocycles. The fourth-order valence-corrected chi connectivity index (χ4v) is 4.41. The molecule has 0 aromatic heterocycles. The largest absolute Gasteiger partial charge is 0.497 e. The second-order valence-corrected chi connectivity index (χ2v) is 8.84. The molecule has 3 rings (SSSR count). The molecule has 0 bridgehead atoms. The number of nitrogens with one attached hydrogen (secondary N) is 2. The molecule has 1 atom stereocenters. The van der Waals surface area contributed by atoms with Crippen molar-refractivity contribution in [3.05, 3.63) is 52.5 Å². The summed E-state index contributed by atoms with van der Waals surface area (Å²) in [5.41, 5.74) is -1.28. The zero-order valence-electron chi connectivity index (χ0n) is 19.2. The van der Waals surface area contributed by atoms with E-state index in [9.17, 15) is 14.7 Å². The van der Waals surface area contributed by atoms with Gasteiger partial charge in [0.2, 0.25) is 0 Å². The van der Waals surface area contributed by atoms with Crippen LogP contribution in [-0.4, -0.2) is 55.2 Å². The predicted octanol–water partition coefficient (Wildman–Crippen LogP) is 3.89. The lowest BCUT2D eigenvalue weighted by Gasteiger charge is -2.42. The van der Waals surface area contributed by atoms with Crippen LogP contribution in [0.25, 0.3) is 0 Å². The van der Waals surface area contributed by atoms with Crippen molar-refractivity contribution in [3.8, 4) is 5.75 Å². The monoisotopic (exact) mass is 518 g/mol. The van der Waals surface area contributed by atoms with Gasteiger partial charge in [0.05, 0.1) is 18.5 Å². The molecule has 8 nitrogen and oxygen atoms in total. The van der Waals surface area contributed by atoms with Crippen molar-refractivity contribution >= 4 is 39.2 Å². The number of ether oxygens (including phenoxy) is 1. The summed E-state index contributed by atoms with van der Waals surface area (Å²) >= 11 is 3.41. The normalized spacial score (nSPS) is 17.5. The number of hydrogen-bond donors (Lipinski definition) is 3. The molecular weight excluding hydrogens is 488 g/mol. The van der Waals surface area contributed by atoms with Crippen molar-refractivity contribution in [1.29, 1.82) is 0 Å². The average Bonchev–Trinajstić information content (AvgIpc) is 2.80. The van der Waals surface area contributed by atoms with Crippen LogP contribution in [0, 0.1) is 0 Å². The fraction of sp³-hybridized carbons (Fsp3) is 0.417. The van der Waals surface area contributed by atoms with Crippen LogP contribution in [0.3, 0.4) is 0 Å². The van der Waals surface area contributed by atoms with Gasteiger partial charge in [0.25, 0.3) is 11.6 Å². The Morgan fingerprint density at radius 3 is 2.58 bits per heavy atom. The first kappa shape index (κ1) is 25.0. The quantitative estimate of drug-likeness (QED) is 0.443. The number of hydrogen-bond acceptors (Lipinski definition) is 5.